The molecule has 18 heavy (non-hydrogen) atoms. The van der Waals surface area contributed by atoms with E-state index in [9.17, 15) is 9.59 Å². The summed E-state index contributed by atoms with van der Waals surface area (Å²) in [6, 6.07) is 1.87. The van der Waals surface area contributed by atoms with Crippen LogP contribution < -0.4 is 11.1 Å². The van der Waals surface area contributed by atoms with Crippen molar-refractivity contribution in [2.24, 2.45) is 5.73 Å². The predicted octanol–water partition coefficient (Wildman–Crippen LogP) is 1.58. The Bertz CT molecular complexity index is 520. The molecule has 1 aromatic rings. The first-order chi connectivity index (χ1) is 8.40. The zero-order valence-electron chi connectivity index (χ0n) is 9.70. The van der Waals surface area contributed by atoms with Crippen molar-refractivity contribution in [3.05, 3.63) is 22.3 Å². The van der Waals surface area contributed by atoms with Crippen LogP contribution in [0.1, 0.15) is 18.9 Å². The van der Waals surface area contributed by atoms with Gasteiger partial charge in [-0.1, -0.05) is 0 Å². The molecule has 3 N–H and O–H groups in total. The maximum atomic E-state index is 12.0. The van der Waals surface area contributed by atoms with Crippen LogP contribution in [0.5, 0.6) is 0 Å². The van der Waals surface area contributed by atoms with E-state index in [1.165, 1.54) is 6.92 Å². The Morgan fingerprint density at radius 3 is 3.06 bits per heavy atom. The molecule has 0 saturated carbocycles. The van der Waals surface area contributed by atoms with Gasteiger partial charge in [0.2, 0.25) is 0 Å². The Morgan fingerprint density at radius 1 is 1.67 bits per heavy atom. The SMILES string of the molecule is CC1(OC(N)=O)CCc2cc(Br)cnc2NC1=O. The molecule has 0 spiro atoms. The van der Waals surface area contributed by atoms with E-state index in [0.717, 1.165) is 10.0 Å². The fourth-order valence-electron chi connectivity index (χ4n) is 1.83. The zero-order chi connectivity index (χ0) is 13.3. The molecule has 0 bridgehead atoms. The molecular formula is C11H12BrN3O3. The number of nitrogens with one attached hydrogen (secondary N) is 1. The van der Waals surface area contributed by atoms with E-state index < -0.39 is 17.6 Å². The number of anilines is 1. The number of aryl methyl sites for hydroxylation is 1. The second kappa shape index (κ2) is 4.56. The molecule has 1 aromatic heterocycles. The van der Waals surface area contributed by atoms with Crippen LogP contribution in [0.4, 0.5) is 10.6 Å². The van der Waals surface area contributed by atoms with Crippen LogP contribution in [0.2, 0.25) is 0 Å². The van der Waals surface area contributed by atoms with E-state index in [1.54, 1.807) is 6.20 Å². The summed E-state index contributed by atoms with van der Waals surface area (Å²) in [6.45, 7) is 1.54. The summed E-state index contributed by atoms with van der Waals surface area (Å²) in [5, 5.41) is 2.64. The van der Waals surface area contributed by atoms with Gasteiger partial charge in [-0.2, -0.15) is 0 Å². The minimum Gasteiger partial charge on any atom is -0.433 e. The largest absolute Gasteiger partial charge is 0.433 e. The number of carbonyl (C=O) groups is 2. The van der Waals surface area contributed by atoms with E-state index in [-0.39, 0.29) is 0 Å². The van der Waals surface area contributed by atoms with Crippen molar-refractivity contribution in [1.29, 1.82) is 0 Å². The van der Waals surface area contributed by atoms with E-state index in [4.69, 9.17) is 10.5 Å². The van der Waals surface area contributed by atoms with Crippen LogP contribution in [0.15, 0.2) is 16.7 Å². The highest BCUT2D eigenvalue weighted by Crippen LogP contribution is 2.29. The summed E-state index contributed by atoms with van der Waals surface area (Å²) >= 11 is 3.32. The lowest BCUT2D eigenvalue weighted by Crippen LogP contribution is -2.44. The van der Waals surface area contributed by atoms with Gasteiger partial charge in [-0.05, 0) is 40.9 Å². The topological polar surface area (TPSA) is 94.3 Å². The highest BCUT2D eigenvalue weighted by molar-refractivity contribution is 9.10. The van der Waals surface area contributed by atoms with Crippen LogP contribution in [-0.2, 0) is 16.0 Å². The summed E-state index contributed by atoms with van der Waals surface area (Å²) in [7, 11) is 0. The third-order valence-electron chi connectivity index (χ3n) is 2.84. The minimum atomic E-state index is -1.26. The van der Waals surface area contributed by atoms with Crippen molar-refractivity contribution in [3.63, 3.8) is 0 Å². The van der Waals surface area contributed by atoms with Crippen molar-refractivity contribution < 1.29 is 14.3 Å². The monoisotopic (exact) mass is 313 g/mol. The van der Waals surface area contributed by atoms with Gasteiger partial charge in [-0.25, -0.2) is 9.78 Å². The Hall–Kier alpha value is -1.63. The van der Waals surface area contributed by atoms with Gasteiger partial charge >= 0.3 is 6.09 Å². The molecule has 1 aliphatic heterocycles. The number of carbonyl (C=O) groups excluding carboxylic acids is 2. The molecule has 6 nitrogen and oxygen atoms in total. The number of ether oxygens (including phenoxy) is 1. The average Bonchev–Trinajstić information content (AvgIpc) is 2.38. The van der Waals surface area contributed by atoms with Crippen LogP contribution in [0.3, 0.4) is 0 Å². The van der Waals surface area contributed by atoms with Crippen molar-refractivity contribution in [2.75, 3.05) is 5.32 Å². The average molecular weight is 314 g/mol. The lowest BCUT2D eigenvalue weighted by molar-refractivity contribution is -0.132. The number of halogens is 1. The molecule has 2 rings (SSSR count). The van der Waals surface area contributed by atoms with Crippen LogP contribution >= 0.6 is 15.9 Å². The molecule has 0 fully saturated rings. The fraction of sp³-hybridized carbons (Fsp3) is 0.364. The highest BCUT2D eigenvalue weighted by atomic mass is 79.9. The summed E-state index contributed by atoms with van der Waals surface area (Å²) < 4.78 is 5.75. The van der Waals surface area contributed by atoms with E-state index >= 15 is 0 Å². The van der Waals surface area contributed by atoms with Gasteiger partial charge in [-0.15, -0.1) is 0 Å². The second-order valence-electron chi connectivity index (χ2n) is 4.27. The minimum absolute atomic E-state index is 0.354. The molecule has 96 valence electrons. The molecule has 0 saturated heterocycles. The van der Waals surface area contributed by atoms with Crippen LogP contribution in [0, 0.1) is 0 Å². The smallest absolute Gasteiger partial charge is 0.405 e. The molecule has 0 aliphatic carbocycles. The molecule has 2 amide bonds. The summed E-state index contributed by atoms with van der Waals surface area (Å²) in [4.78, 5) is 27.0. The van der Waals surface area contributed by atoms with E-state index in [1.807, 2.05) is 6.07 Å². The van der Waals surface area contributed by atoms with Crippen molar-refractivity contribution in [2.45, 2.75) is 25.4 Å². The predicted molar refractivity (Wildman–Crippen MR) is 68.0 cm³/mol. The number of aromatic nitrogens is 1. The van der Waals surface area contributed by atoms with Crippen molar-refractivity contribution in [3.8, 4) is 0 Å². The quantitative estimate of drug-likeness (QED) is 0.823. The number of nitrogens with two attached hydrogens (primary N) is 1. The molecule has 1 atom stereocenters. The second-order valence-corrected chi connectivity index (χ2v) is 5.18. The van der Waals surface area contributed by atoms with Gasteiger partial charge in [-0.3, -0.25) is 4.79 Å². The maximum absolute atomic E-state index is 12.0. The maximum Gasteiger partial charge on any atom is 0.405 e. The molecule has 2 heterocycles. The Balaban J connectivity index is 2.31. The number of hydrogen-bond donors (Lipinski definition) is 2. The third kappa shape index (κ3) is 2.45. The molecular weight excluding hydrogens is 302 g/mol. The molecule has 1 aliphatic rings. The van der Waals surface area contributed by atoms with Gasteiger partial charge in [0.1, 0.15) is 5.82 Å². The van der Waals surface area contributed by atoms with E-state index in [2.05, 4.69) is 26.2 Å². The Morgan fingerprint density at radius 2 is 2.39 bits per heavy atom. The summed E-state index contributed by atoms with van der Waals surface area (Å²) in [6.07, 6.45) is 1.54. The first-order valence-electron chi connectivity index (χ1n) is 5.35. The lowest BCUT2D eigenvalue weighted by Gasteiger charge is -2.24. The number of rotatable bonds is 1. The molecule has 1 unspecified atom stereocenters. The van der Waals surface area contributed by atoms with Gasteiger partial charge in [0, 0.05) is 17.1 Å². The summed E-state index contributed by atoms with van der Waals surface area (Å²) in [5.74, 6) is 0.0647. The number of hydrogen-bond acceptors (Lipinski definition) is 4. The van der Waals surface area contributed by atoms with Gasteiger partial charge in [0.25, 0.3) is 5.91 Å². The molecule has 0 radical (unpaired) electrons. The fourth-order valence-corrected chi connectivity index (χ4v) is 2.21. The Kier molecular flexibility index (Phi) is 3.25. The number of nitrogens with zero attached hydrogens (tertiary/aromatic N) is 1. The van der Waals surface area contributed by atoms with Crippen molar-refractivity contribution in [1.82, 2.24) is 4.98 Å². The summed E-state index contributed by atoms with van der Waals surface area (Å²) in [5.41, 5.74) is 4.61. The number of amides is 2. The first kappa shape index (κ1) is 12.8. The van der Waals surface area contributed by atoms with Crippen LogP contribution in [0.25, 0.3) is 0 Å². The lowest BCUT2D eigenvalue weighted by atomic mass is 9.98. The number of fused-ring (bicyclic) bond motifs is 1. The highest BCUT2D eigenvalue weighted by Gasteiger charge is 2.39. The zero-order valence-corrected chi connectivity index (χ0v) is 11.3. The first-order valence-corrected chi connectivity index (χ1v) is 6.14. The normalized spacial score (nSPS) is 22.7. The number of primary amides is 1. The van der Waals surface area contributed by atoms with E-state index in [0.29, 0.717) is 18.7 Å². The Labute approximate surface area is 112 Å². The molecule has 7 heteroatoms. The van der Waals surface area contributed by atoms with Gasteiger partial charge in [0.15, 0.2) is 5.60 Å². The van der Waals surface area contributed by atoms with Crippen LogP contribution in [-0.4, -0.2) is 22.6 Å². The third-order valence-corrected chi connectivity index (χ3v) is 3.28. The standard InChI is InChI=1S/C11H12BrN3O3/c1-11(18-10(13)17)3-2-6-4-7(12)5-14-8(6)15-9(11)16/h4-5H,2-3H2,1H3,(H2,13,17)(H,14,15,16). The van der Waals surface area contributed by atoms with Gasteiger partial charge in [0.05, 0.1) is 0 Å². The number of pyridine rings is 1. The van der Waals surface area contributed by atoms with Crippen molar-refractivity contribution >= 4 is 33.7 Å². The molecule has 0 aromatic carbocycles. The van der Waals surface area contributed by atoms with Gasteiger partial charge < -0.3 is 15.8 Å².